The number of morpholine rings is 1. The molecule has 200 valence electrons. The van der Waals surface area contributed by atoms with Crippen LogP contribution >= 0.6 is 0 Å². The van der Waals surface area contributed by atoms with Gasteiger partial charge < -0.3 is 29.4 Å². The Bertz CT molecular complexity index is 1150. The van der Waals surface area contributed by atoms with E-state index >= 15 is 0 Å². The number of nitrogens with zero attached hydrogens (tertiary/aromatic N) is 2. The average Bonchev–Trinajstić information content (AvgIpc) is 3.33. The lowest BCUT2D eigenvalue weighted by molar-refractivity contribution is 0.0365. The zero-order valence-corrected chi connectivity index (χ0v) is 22.3. The van der Waals surface area contributed by atoms with E-state index in [0.717, 1.165) is 63.2 Å². The normalized spacial score (nSPS) is 14.2. The summed E-state index contributed by atoms with van der Waals surface area (Å²) in [6.07, 6.45) is 4.21. The van der Waals surface area contributed by atoms with Crippen molar-refractivity contribution in [2.75, 3.05) is 51.9 Å². The SMILES string of the molecule is COc1ccc(NC(=O)NCc2cccc3c2ccn3CCN2CCOCC2)cc1OCCCC(C)C. The number of benzene rings is 2. The summed E-state index contributed by atoms with van der Waals surface area (Å²) in [6.45, 7) is 11.0. The molecular formula is C29H40N4O4. The van der Waals surface area contributed by atoms with Crippen LogP contribution in [0, 0.1) is 5.92 Å². The molecule has 1 aliphatic rings. The van der Waals surface area contributed by atoms with E-state index in [0.29, 0.717) is 36.3 Å². The molecule has 0 radical (unpaired) electrons. The predicted molar refractivity (Wildman–Crippen MR) is 148 cm³/mol. The maximum Gasteiger partial charge on any atom is 0.319 e. The van der Waals surface area contributed by atoms with Crippen LogP contribution in [0.25, 0.3) is 10.9 Å². The number of hydrogen-bond acceptors (Lipinski definition) is 5. The molecule has 8 heteroatoms. The molecule has 0 bridgehead atoms. The van der Waals surface area contributed by atoms with Crippen molar-refractivity contribution in [2.24, 2.45) is 5.92 Å². The Hall–Kier alpha value is -3.23. The summed E-state index contributed by atoms with van der Waals surface area (Å²) in [5.74, 6) is 1.93. The number of carbonyl (C=O) groups is 1. The number of anilines is 1. The molecule has 0 atom stereocenters. The van der Waals surface area contributed by atoms with Crippen LogP contribution in [-0.4, -0.2) is 62.1 Å². The van der Waals surface area contributed by atoms with Crippen molar-refractivity contribution < 1.29 is 19.0 Å². The van der Waals surface area contributed by atoms with Gasteiger partial charge in [-0.25, -0.2) is 4.79 Å². The van der Waals surface area contributed by atoms with Crippen LogP contribution in [0.3, 0.4) is 0 Å². The highest BCUT2D eigenvalue weighted by atomic mass is 16.5. The third-order valence-corrected chi connectivity index (χ3v) is 6.71. The van der Waals surface area contributed by atoms with E-state index in [2.05, 4.69) is 64.4 Å². The maximum atomic E-state index is 12.7. The third kappa shape index (κ3) is 7.63. The lowest BCUT2D eigenvalue weighted by Gasteiger charge is -2.26. The molecule has 8 nitrogen and oxygen atoms in total. The Morgan fingerprint density at radius 2 is 1.92 bits per heavy atom. The molecule has 1 fully saturated rings. The van der Waals surface area contributed by atoms with Crippen molar-refractivity contribution in [2.45, 2.75) is 39.8 Å². The second-order valence-corrected chi connectivity index (χ2v) is 9.87. The van der Waals surface area contributed by atoms with E-state index in [1.165, 1.54) is 5.52 Å². The molecule has 0 unspecified atom stereocenters. The lowest BCUT2D eigenvalue weighted by Crippen LogP contribution is -2.38. The van der Waals surface area contributed by atoms with Crippen LogP contribution in [0.15, 0.2) is 48.7 Å². The van der Waals surface area contributed by atoms with Gasteiger partial charge >= 0.3 is 6.03 Å². The molecule has 0 aliphatic carbocycles. The van der Waals surface area contributed by atoms with E-state index in [4.69, 9.17) is 14.2 Å². The summed E-state index contributed by atoms with van der Waals surface area (Å²) in [6, 6.07) is 13.6. The molecule has 3 aromatic rings. The van der Waals surface area contributed by atoms with Crippen molar-refractivity contribution in [3.8, 4) is 11.5 Å². The Kier molecular flexibility index (Phi) is 9.68. The summed E-state index contributed by atoms with van der Waals surface area (Å²) in [7, 11) is 1.62. The summed E-state index contributed by atoms with van der Waals surface area (Å²) in [5.41, 5.74) is 2.92. The molecule has 4 rings (SSSR count). The highest BCUT2D eigenvalue weighted by Gasteiger charge is 2.13. The molecule has 1 saturated heterocycles. The molecule has 2 N–H and O–H groups in total. The van der Waals surface area contributed by atoms with Crippen molar-refractivity contribution >= 4 is 22.6 Å². The van der Waals surface area contributed by atoms with E-state index in [9.17, 15) is 4.79 Å². The first-order valence-electron chi connectivity index (χ1n) is 13.3. The van der Waals surface area contributed by atoms with Gasteiger partial charge in [-0.2, -0.15) is 0 Å². The summed E-state index contributed by atoms with van der Waals surface area (Å²) >= 11 is 0. The fraction of sp³-hybridized carbons (Fsp3) is 0.483. The van der Waals surface area contributed by atoms with Crippen molar-refractivity contribution in [3.63, 3.8) is 0 Å². The van der Waals surface area contributed by atoms with E-state index in [-0.39, 0.29) is 6.03 Å². The summed E-state index contributed by atoms with van der Waals surface area (Å²) in [5, 5.41) is 7.07. The van der Waals surface area contributed by atoms with Gasteiger partial charge in [-0.15, -0.1) is 0 Å². The molecule has 37 heavy (non-hydrogen) atoms. The van der Waals surface area contributed by atoms with Crippen molar-refractivity contribution in [1.82, 2.24) is 14.8 Å². The van der Waals surface area contributed by atoms with Gasteiger partial charge in [-0.05, 0) is 48.6 Å². The number of amides is 2. The van der Waals surface area contributed by atoms with Gasteiger partial charge in [0.2, 0.25) is 0 Å². The number of urea groups is 1. The lowest BCUT2D eigenvalue weighted by atomic mass is 10.1. The molecule has 0 spiro atoms. The quantitative estimate of drug-likeness (QED) is 0.332. The molecule has 2 aromatic carbocycles. The van der Waals surface area contributed by atoms with Crippen LogP contribution in [0.2, 0.25) is 0 Å². The fourth-order valence-electron chi connectivity index (χ4n) is 4.60. The Balaban J connectivity index is 1.32. The van der Waals surface area contributed by atoms with Gasteiger partial charge in [-0.3, -0.25) is 4.90 Å². The Labute approximate surface area is 219 Å². The van der Waals surface area contributed by atoms with Crippen molar-refractivity contribution in [3.05, 3.63) is 54.2 Å². The van der Waals surface area contributed by atoms with E-state index in [1.54, 1.807) is 7.11 Å². The first-order chi connectivity index (χ1) is 18.0. The largest absolute Gasteiger partial charge is 0.493 e. The van der Waals surface area contributed by atoms with Crippen LogP contribution < -0.4 is 20.1 Å². The summed E-state index contributed by atoms with van der Waals surface area (Å²) in [4.78, 5) is 15.1. The number of aromatic nitrogens is 1. The number of ether oxygens (including phenoxy) is 3. The van der Waals surface area contributed by atoms with Gasteiger partial charge in [-0.1, -0.05) is 26.0 Å². The van der Waals surface area contributed by atoms with Gasteiger partial charge in [0, 0.05) is 61.6 Å². The number of methoxy groups -OCH3 is 1. The molecule has 2 heterocycles. The first kappa shape index (κ1) is 26.8. The van der Waals surface area contributed by atoms with E-state index < -0.39 is 0 Å². The van der Waals surface area contributed by atoms with Gasteiger partial charge in [0.1, 0.15) is 0 Å². The molecule has 2 amide bonds. The van der Waals surface area contributed by atoms with Crippen LogP contribution in [0.1, 0.15) is 32.3 Å². The highest BCUT2D eigenvalue weighted by molar-refractivity contribution is 5.90. The van der Waals surface area contributed by atoms with Crippen LogP contribution in [0.4, 0.5) is 10.5 Å². The van der Waals surface area contributed by atoms with Crippen LogP contribution in [-0.2, 0) is 17.8 Å². The van der Waals surface area contributed by atoms with Gasteiger partial charge in [0.05, 0.1) is 26.9 Å². The highest BCUT2D eigenvalue weighted by Crippen LogP contribution is 2.30. The van der Waals surface area contributed by atoms with Gasteiger partial charge in [0.25, 0.3) is 0 Å². The maximum absolute atomic E-state index is 12.7. The predicted octanol–water partition coefficient (Wildman–Crippen LogP) is 5.12. The molecule has 1 aliphatic heterocycles. The van der Waals surface area contributed by atoms with Gasteiger partial charge in [0.15, 0.2) is 11.5 Å². The first-order valence-corrected chi connectivity index (χ1v) is 13.3. The minimum atomic E-state index is -0.264. The molecule has 0 saturated carbocycles. The monoisotopic (exact) mass is 508 g/mol. The third-order valence-electron chi connectivity index (χ3n) is 6.71. The number of hydrogen-bond donors (Lipinski definition) is 2. The summed E-state index contributed by atoms with van der Waals surface area (Å²) < 4.78 is 19.1. The number of carbonyl (C=O) groups excluding carboxylic acids is 1. The average molecular weight is 509 g/mol. The van der Waals surface area contributed by atoms with E-state index in [1.807, 2.05) is 18.2 Å². The fourth-order valence-corrected chi connectivity index (χ4v) is 4.60. The Morgan fingerprint density at radius 1 is 1.08 bits per heavy atom. The minimum absolute atomic E-state index is 0.264. The zero-order chi connectivity index (χ0) is 26.0. The zero-order valence-electron chi connectivity index (χ0n) is 22.3. The minimum Gasteiger partial charge on any atom is -0.493 e. The molecular weight excluding hydrogens is 468 g/mol. The van der Waals surface area contributed by atoms with Crippen molar-refractivity contribution in [1.29, 1.82) is 0 Å². The number of fused-ring (bicyclic) bond motifs is 1. The standard InChI is InChI=1S/C29H40N4O4/c1-22(2)6-5-17-37-28-20-24(9-10-27(28)35-3)31-29(34)30-21-23-7-4-8-26-25(23)11-12-33(26)14-13-32-15-18-36-19-16-32/h4,7-12,20,22H,5-6,13-19,21H2,1-3H3,(H2,30,31,34). The number of rotatable bonds is 12. The second kappa shape index (κ2) is 13.4. The smallest absolute Gasteiger partial charge is 0.319 e. The second-order valence-electron chi connectivity index (χ2n) is 9.87. The molecule has 1 aromatic heterocycles. The topological polar surface area (TPSA) is 77.0 Å². The number of nitrogens with one attached hydrogen (secondary N) is 2. The Morgan fingerprint density at radius 3 is 2.70 bits per heavy atom. The van der Waals surface area contributed by atoms with Crippen LogP contribution in [0.5, 0.6) is 11.5 Å².